The van der Waals surface area contributed by atoms with Crippen LogP contribution in [-0.4, -0.2) is 34.6 Å². The maximum Gasteiger partial charge on any atom is 0.513 e. The van der Waals surface area contributed by atoms with Gasteiger partial charge < -0.3 is 14.0 Å². The van der Waals surface area contributed by atoms with E-state index in [1.807, 2.05) is 0 Å². The summed E-state index contributed by atoms with van der Waals surface area (Å²) in [7, 11) is -11.1. The van der Waals surface area contributed by atoms with E-state index in [1.54, 1.807) is 48.5 Å². The zero-order valence-electron chi connectivity index (χ0n) is 19.2. The third-order valence-electron chi connectivity index (χ3n) is 5.74. The second kappa shape index (κ2) is 6.21. The highest BCUT2D eigenvalue weighted by Gasteiger charge is 2.65. The number of nitrogens with zero attached hydrogens (tertiary/aromatic N) is 1. The van der Waals surface area contributed by atoms with Crippen molar-refractivity contribution in [3.8, 4) is 0 Å². The van der Waals surface area contributed by atoms with Crippen LogP contribution in [0.1, 0.15) is 54.0 Å². The summed E-state index contributed by atoms with van der Waals surface area (Å²) in [5, 5.41) is -0.175. The number of carbonyl (C=O) groups is 1. The summed E-state index contributed by atoms with van der Waals surface area (Å²) in [6.07, 6.45) is -0.889. The van der Waals surface area contributed by atoms with Crippen molar-refractivity contribution in [3.05, 3.63) is 23.8 Å². The van der Waals surface area contributed by atoms with Gasteiger partial charge in [-0.15, -0.1) is 0 Å². The van der Waals surface area contributed by atoms with Gasteiger partial charge in [-0.25, -0.2) is 4.79 Å². The summed E-state index contributed by atoms with van der Waals surface area (Å²) in [5.41, 5.74) is -2.33. The summed E-state index contributed by atoms with van der Waals surface area (Å²) in [6, 6.07) is 1.48. The molecule has 1 aromatic heterocycles. The topological polar surface area (TPSA) is 49.7 Å². The number of benzene rings is 1. The first kappa shape index (κ1) is 24.8. The van der Waals surface area contributed by atoms with Crippen molar-refractivity contribution in [2.75, 3.05) is 0 Å². The number of halogens is 5. The Balaban J connectivity index is 2.31. The van der Waals surface area contributed by atoms with Gasteiger partial charge in [0, 0.05) is 5.39 Å². The van der Waals surface area contributed by atoms with Gasteiger partial charge in [-0.3, -0.25) is 4.57 Å². The molecule has 1 fully saturated rings. The Labute approximate surface area is 184 Å². The van der Waals surface area contributed by atoms with E-state index < -0.39 is 45.1 Å². The summed E-state index contributed by atoms with van der Waals surface area (Å²) < 4.78 is 85.7. The van der Waals surface area contributed by atoms with E-state index in [0.29, 0.717) is 6.07 Å². The van der Waals surface area contributed by atoms with Crippen LogP contribution < -0.4 is 5.59 Å². The lowest BCUT2D eigenvalue weighted by molar-refractivity contribution is 0.00578. The molecule has 12 heteroatoms. The van der Waals surface area contributed by atoms with Gasteiger partial charge in [-0.2, -0.15) is 0 Å². The lowest BCUT2D eigenvalue weighted by Gasteiger charge is -2.40. The van der Waals surface area contributed by atoms with Crippen LogP contribution in [0.25, 0.3) is 10.9 Å². The van der Waals surface area contributed by atoms with E-state index in [2.05, 4.69) is 0 Å². The molecule has 1 saturated heterocycles. The predicted molar refractivity (Wildman–Crippen MR) is 115 cm³/mol. The molecule has 0 amide bonds. The average Bonchev–Trinajstić information content (AvgIpc) is 2.93. The van der Waals surface area contributed by atoms with Crippen LogP contribution in [0, 0.1) is 6.92 Å². The summed E-state index contributed by atoms with van der Waals surface area (Å²) in [5.74, 6) is 0. The van der Waals surface area contributed by atoms with Gasteiger partial charge in [0.25, 0.3) is 0 Å². The third-order valence-corrected chi connectivity index (χ3v) is 6.88. The predicted octanol–water partition coefficient (Wildman–Crippen LogP) is 6.69. The largest absolute Gasteiger partial charge is 0.513 e. The minimum atomic E-state index is -9.93. The zero-order valence-corrected chi connectivity index (χ0v) is 20.0. The van der Waals surface area contributed by atoms with E-state index in [9.17, 15) is 24.2 Å². The fourth-order valence-electron chi connectivity index (χ4n) is 3.43. The molecular weight excluding hydrogens is 456 g/mol. The van der Waals surface area contributed by atoms with E-state index >= 15 is 0 Å². The highest BCUT2D eigenvalue weighted by Crippen LogP contribution is 3.02. The first-order valence-electron chi connectivity index (χ1n) is 9.92. The van der Waals surface area contributed by atoms with Crippen molar-refractivity contribution in [3.63, 3.8) is 0 Å². The average molecular weight is 483 g/mol. The molecule has 0 N–H and O–H groups in total. The van der Waals surface area contributed by atoms with Crippen molar-refractivity contribution < 1.29 is 38.3 Å². The Kier molecular flexibility index (Phi) is 4.82. The fourth-order valence-corrected chi connectivity index (χ4v) is 4.09. The number of hydrogen-bond donors (Lipinski definition) is 0. The summed E-state index contributed by atoms with van der Waals surface area (Å²) in [6.45, 7) is 13.4. The first-order chi connectivity index (χ1) is 13.9. The van der Waals surface area contributed by atoms with E-state index in [4.69, 9.17) is 14.0 Å². The molecule has 5 nitrogen and oxygen atoms in total. The van der Waals surface area contributed by atoms with Gasteiger partial charge in [-0.05, 0) is 79.2 Å². The van der Waals surface area contributed by atoms with Crippen molar-refractivity contribution in [1.82, 2.24) is 4.57 Å². The molecule has 0 atom stereocenters. The minimum Gasteiger partial charge on any atom is -0.443 e. The van der Waals surface area contributed by atoms with Gasteiger partial charge in [0.1, 0.15) is 10.5 Å². The van der Waals surface area contributed by atoms with Crippen LogP contribution in [0.15, 0.2) is 23.1 Å². The Morgan fingerprint density at radius 2 is 1.53 bits per heavy atom. The molecule has 3 rings (SSSR count). The summed E-state index contributed by atoms with van der Waals surface area (Å²) >= 11 is 0. The smallest absolute Gasteiger partial charge is 0.443 e. The Morgan fingerprint density at radius 3 is 1.97 bits per heavy atom. The van der Waals surface area contributed by atoms with Crippen LogP contribution in [0.5, 0.6) is 0 Å². The van der Waals surface area contributed by atoms with Crippen LogP contribution in [0.2, 0.25) is 0 Å². The Morgan fingerprint density at radius 1 is 1.03 bits per heavy atom. The molecule has 0 saturated carbocycles. The standard InChI is InChI=1S/C20H27BF5NO4S/c1-12-14-11-13(32(22,23,24,25)26)9-10-15(14)27(17(28)29-18(2,3)4)16(12)21-30-19(5,6)20(7,8)31-21/h9-11H,1-8H3. The maximum atomic E-state index is 13.5. The zero-order chi connectivity index (χ0) is 24.8. The van der Waals surface area contributed by atoms with Gasteiger partial charge in [-0.1, -0.05) is 19.4 Å². The third kappa shape index (κ3) is 4.36. The van der Waals surface area contributed by atoms with Crippen LogP contribution >= 0.6 is 10.2 Å². The molecule has 180 valence electrons. The van der Waals surface area contributed by atoms with E-state index in [-0.39, 0.29) is 28.1 Å². The minimum absolute atomic E-state index is 0.0212. The lowest BCUT2D eigenvalue weighted by atomic mass is 9.81. The summed E-state index contributed by atoms with van der Waals surface area (Å²) in [4.78, 5) is 11.0. The normalized spacial score (nSPS) is 20.8. The first-order valence-corrected chi connectivity index (χ1v) is 11.9. The molecule has 1 aromatic carbocycles. The second-order valence-corrected chi connectivity index (χ2v) is 12.5. The highest BCUT2D eigenvalue weighted by molar-refractivity contribution is 8.45. The molecule has 0 bridgehead atoms. The molecule has 32 heavy (non-hydrogen) atoms. The lowest BCUT2D eigenvalue weighted by Crippen LogP contribution is -2.44. The quantitative estimate of drug-likeness (QED) is 0.353. The van der Waals surface area contributed by atoms with Gasteiger partial charge >= 0.3 is 23.4 Å². The molecule has 1 aliphatic heterocycles. The van der Waals surface area contributed by atoms with E-state index in [0.717, 1.165) is 10.6 Å². The number of hydrogen-bond acceptors (Lipinski definition) is 4. The van der Waals surface area contributed by atoms with E-state index in [1.165, 1.54) is 6.92 Å². The number of aromatic nitrogens is 1. The molecule has 2 heterocycles. The van der Waals surface area contributed by atoms with Crippen molar-refractivity contribution in [2.24, 2.45) is 0 Å². The van der Waals surface area contributed by atoms with Crippen molar-refractivity contribution >= 4 is 39.9 Å². The van der Waals surface area contributed by atoms with Gasteiger partial charge in [0.05, 0.1) is 22.3 Å². The fraction of sp³-hybridized carbons (Fsp3) is 0.550. The van der Waals surface area contributed by atoms with Gasteiger partial charge in [0.15, 0.2) is 0 Å². The Bertz CT molecular complexity index is 1100. The van der Waals surface area contributed by atoms with Crippen molar-refractivity contribution in [1.29, 1.82) is 0 Å². The Hall–Kier alpha value is -1.79. The number of aryl methyl sites for hydroxylation is 1. The molecule has 0 spiro atoms. The highest BCUT2D eigenvalue weighted by atomic mass is 32.5. The molecule has 0 radical (unpaired) electrons. The number of carbonyl (C=O) groups excluding carboxylic acids is 1. The number of ether oxygens (including phenoxy) is 1. The van der Waals surface area contributed by atoms with Crippen LogP contribution in [-0.2, 0) is 14.0 Å². The monoisotopic (exact) mass is 483 g/mol. The van der Waals surface area contributed by atoms with Crippen LogP contribution in [0.4, 0.5) is 24.2 Å². The molecule has 0 aliphatic carbocycles. The molecule has 2 aromatic rings. The van der Waals surface area contributed by atoms with Crippen molar-refractivity contribution in [2.45, 2.75) is 77.1 Å². The van der Waals surface area contributed by atoms with Crippen LogP contribution in [0.3, 0.4) is 0 Å². The van der Waals surface area contributed by atoms with Gasteiger partial charge in [0.2, 0.25) is 0 Å². The molecule has 1 aliphatic rings. The number of rotatable bonds is 2. The number of fused-ring (bicyclic) bond motifs is 1. The second-order valence-electron chi connectivity index (χ2n) is 10.1. The SMILES string of the molecule is Cc1c(B2OC(C)(C)C(C)(C)O2)n(C(=O)OC(C)(C)C)c2ccc(S(F)(F)(F)(F)F)cc12. The molecular formula is C20H27BF5NO4S. The molecule has 0 unspecified atom stereocenters. The maximum absolute atomic E-state index is 13.5.